The number of aryl methyl sites for hydroxylation is 6. The number of hydrogen-bond donors (Lipinski definition) is 4. The molecule has 0 radical (unpaired) electrons. The van der Waals surface area contributed by atoms with E-state index in [1.807, 2.05) is 42.5 Å². The van der Waals surface area contributed by atoms with Crippen LogP contribution >= 0.6 is 15.9 Å². The molecule has 392 valence electrons. The third-order valence-electron chi connectivity index (χ3n) is 13.2. The molecule has 3 heterocycles. The maximum absolute atomic E-state index is 12.5. The smallest absolute Gasteiger partial charge is 1.00 e. The van der Waals surface area contributed by atoms with Crippen molar-refractivity contribution >= 4 is 64.9 Å². The standard InChI is InChI=1S/C23H27NOSi.C20H19NO.C18H18BrNO.CH2O3.CH4O.2K.H/c1-16-11-20-14-21(25)15-23(24-22(20)12-17(16)2)19-8-6-7-18(13-19)9-10-26(3,4)5;1-4-15-6-5-7-16(10-15)20-12-18(22)11-17-8-13(2)14(3)9-19(17)21-20;1-11-6-14-9-16(21)10-18(20-17(14)7-12(11)2)13-4-3-5-15(19)8-13;2-1-4-3;1-2;;;/h6-8,11-13,23-24H,14-15H2,1-5H3;1,5-10,20-21H,11-12H2,2-3H3;3-8,18,20H,9-10H2,1-2H3;1,3H;2H,1H3;;;/q;;;;;2*+1;-1/p-1. The molecule has 0 saturated carbocycles. The van der Waals surface area contributed by atoms with E-state index < -0.39 is 8.07 Å². The second-order valence-electron chi connectivity index (χ2n) is 20.3. The Hall–Kier alpha value is -3.79. The summed E-state index contributed by atoms with van der Waals surface area (Å²) in [7, 11) is -0.406. The zero-order valence-electron chi connectivity index (χ0n) is 47.8. The van der Waals surface area contributed by atoms with E-state index >= 15 is 0 Å². The molecule has 77 heavy (non-hydrogen) atoms. The van der Waals surface area contributed by atoms with Crippen molar-refractivity contribution < 1.29 is 139 Å². The van der Waals surface area contributed by atoms with Crippen LogP contribution in [0.1, 0.15) is 117 Å². The number of carbonyl (C=O) groups excluding carboxylic acids is 4. The van der Waals surface area contributed by atoms with E-state index in [-0.39, 0.29) is 146 Å². The molecule has 3 atom stereocenters. The summed E-state index contributed by atoms with van der Waals surface area (Å²) in [5.41, 5.74) is 22.6. The van der Waals surface area contributed by atoms with Gasteiger partial charge in [0, 0.05) is 78.3 Å². The predicted octanol–water partition coefficient (Wildman–Crippen LogP) is 6.05. The summed E-state index contributed by atoms with van der Waals surface area (Å²) in [6, 6.07) is 37.2. The molecule has 0 saturated heterocycles. The Balaban J connectivity index is 0.000000375. The van der Waals surface area contributed by atoms with E-state index in [0.717, 1.165) is 73.2 Å². The van der Waals surface area contributed by atoms with E-state index in [2.05, 4.69) is 182 Å². The van der Waals surface area contributed by atoms with E-state index in [0.29, 0.717) is 38.5 Å². The summed E-state index contributed by atoms with van der Waals surface area (Å²) in [4.78, 5) is 48.3. The van der Waals surface area contributed by atoms with Gasteiger partial charge in [-0.1, -0.05) is 102 Å². The van der Waals surface area contributed by atoms with Crippen molar-refractivity contribution in [1.82, 2.24) is 0 Å². The number of carbonyl (C=O) groups is 4. The molecule has 0 spiro atoms. The predicted molar refractivity (Wildman–Crippen MR) is 308 cm³/mol. The van der Waals surface area contributed by atoms with Gasteiger partial charge in [-0.05, 0) is 163 Å². The van der Waals surface area contributed by atoms with Gasteiger partial charge in [-0.2, -0.15) is 0 Å². The largest absolute Gasteiger partial charge is 1.00 e. The van der Waals surface area contributed by atoms with Gasteiger partial charge in [0.15, 0.2) is 0 Å². The molecule has 4 N–H and O–H groups in total. The number of anilines is 3. The first kappa shape index (κ1) is 67.5. The topological polar surface area (TPSA) is 157 Å². The Bertz CT molecular complexity index is 3160. The molecule has 14 heteroatoms. The van der Waals surface area contributed by atoms with Crippen molar-refractivity contribution in [2.45, 2.75) is 118 Å². The fraction of sp³-hybridized carbons (Fsp3) is 0.302. The third kappa shape index (κ3) is 20.7. The molecule has 0 aliphatic carbocycles. The Morgan fingerprint density at radius 2 is 0.909 bits per heavy atom. The van der Waals surface area contributed by atoms with Gasteiger partial charge in [0.2, 0.25) is 0 Å². The number of rotatable bonds is 4. The number of fused-ring (bicyclic) bond motifs is 3. The second kappa shape index (κ2) is 32.5. The van der Waals surface area contributed by atoms with Crippen LogP contribution < -0.4 is 124 Å². The number of nitrogens with one attached hydrogen (secondary N) is 3. The van der Waals surface area contributed by atoms with Crippen LogP contribution in [0.25, 0.3) is 0 Å². The quantitative estimate of drug-likeness (QED) is 0.0539. The van der Waals surface area contributed by atoms with Crippen LogP contribution in [0.5, 0.6) is 0 Å². The van der Waals surface area contributed by atoms with Crippen molar-refractivity contribution in [1.29, 1.82) is 0 Å². The van der Waals surface area contributed by atoms with Crippen LogP contribution in [-0.4, -0.2) is 44.1 Å². The van der Waals surface area contributed by atoms with E-state index in [9.17, 15) is 14.4 Å². The molecule has 3 aliphatic rings. The number of benzene rings is 6. The maximum atomic E-state index is 12.5. The molecule has 3 unspecified atom stereocenters. The minimum atomic E-state index is -1.41. The van der Waals surface area contributed by atoms with Crippen molar-refractivity contribution in [2.24, 2.45) is 0 Å². The van der Waals surface area contributed by atoms with Gasteiger partial charge in [0.1, 0.15) is 25.4 Å². The number of terminal acetylenes is 1. The van der Waals surface area contributed by atoms with E-state index in [4.69, 9.17) is 21.6 Å². The van der Waals surface area contributed by atoms with Crippen LogP contribution in [0.4, 0.5) is 17.1 Å². The Morgan fingerprint density at radius 1 is 0.584 bits per heavy atom. The number of ketones is 3. The van der Waals surface area contributed by atoms with Crippen molar-refractivity contribution in [3.05, 3.63) is 192 Å². The molecular formula is C63H70BrK2N3O7Si. The Labute approximate surface area is 552 Å². The maximum Gasteiger partial charge on any atom is 1.00 e. The van der Waals surface area contributed by atoms with Gasteiger partial charge in [0.05, 0.1) is 18.1 Å². The first-order valence-electron chi connectivity index (χ1n) is 25.0. The van der Waals surface area contributed by atoms with Crippen LogP contribution in [-0.2, 0) is 43.3 Å². The average molecular weight is 1170 g/mol. The summed E-state index contributed by atoms with van der Waals surface area (Å²) >= 11 is 3.50. The molecular weight excluding hydrogens is 1100 g/mol. The first-order chi connectivity index (χ1) is 35.7. The first-order valence-corrected chi connectivity index (χ1v) is 29.3. The normalized spacial score (nSPS) is 15.8. The molecule has 3 aliphatic heterocycles. The van der Waals surface area contributed by atoms with Gasteiger partial charge in [-0.25, -0.2) is 0 Å². The Kier molecular flexibility index (Phi) is 28.4. The molecule has 10 nitrogen and oxygen atoms in total. The molecule has 9 rings (SSSR count). The van der Waals surface area contributed by atoms with Gasteiger partial charge >= 0.3 is 103 Å². The number of aliphatic hydroxyl groups excluding tert-OH is 1. The monoisotopic (exact) mass is 1170 g/mol. The molecule has 0 fully saturated rings. The van der Waals surface area contributed by atoms with Gasteiger partial charge < -0.3 is 32.6 Å². The van der Waals surface area contributed by atoms with Gasteiger partial charge in [-0.3, -0.25) is 19.2 Å². The number of halogens is 1. The van der Waals surface area contributed by atoms with Crippen LogP contribution in [0.15, 0.2) is 114 Å². The Morgan fingerprint density at radius 3 is 1.25 bits per heavy atom. The fourth-order valence-electron chi connectivity index (χ4n) is 8.99. The van der Waals surface area contributed by atoms with Crippen LogP contribution in [0.3, 0.4) is 0 Å². The second-order valence-corrected chi connectivity index (χ2v) is 25.9. The number of aliphatic hydroxyl groups is 1. The van der Waals surface area contributed by atoms with E-state index in [1.54, 1.807) is 0 Å². The van der Waals surface area contributed by atoms with Crippen molar-refractivity contribution in [3.8, 4) is 23.8 Å². The van der Waals surface area contributed by atoms with Crippen molar-refractivity contribution in [3.63, 3.8) is 0 Å². The molecule has 6 aromatic rings. The van der Waals surface area contributed by atoms with Gasteiger partial charge in [0.25, 0.3) is 6.47 Å². The summed E-state index contributed by atoms with van der Waals surface area (Å²) in [5, 5.41) is 26.1. The summed E-state index contributed by atoms with van der Waals surface area (Å²) in [5.74, 6) is 6.80. The fourth-order valence-corrected chi connectivity index (χ4v) is 9.92. The van der Waals surface area contributed by atoms with Crippen LogP contribution in [0.2, 0.25) is 19.6 Å². The minimum Gasteiger partial charge on any atom is -1.00 e. The number of hydrogen-bond acceptors (Lipinski definition) is 10. The summed E-state index contributed by atoms with van der Waals surface area (Å²) < 4.78 is 1.04. The van der Waals surface area contributed by atoms with E-state index in [1.165, 1.54) is 33.4 Å². The SMILES string of the molecule is C#Cc1cccc(C2CC(=O)Cc3cc(C)c(C)cc3N2)c1.CO.Cc1cc2c(cc1C)NC(c1cccc(Br)c1)CC(=O)C2.Cc1cc2c(cc1C)NC(c1cccc(C#C[Si](C)(C)C)c1)CC(=O)C2.O=CO[O-].[H-].[K+].[K+]. The van der Waals surface area contributed by atoms with Gasteiger partial charge in [-0.15, -0.1) is 12.0 Å². The molecule has 6 aromatic carbocycles. The average Bonchev–Trinajstić information content (AvgIpc) is 3.73. The van der Waals surface area contributed by atoms with Crippen LogP contribution in [0, 0.1) is 65.4 Å². The molecule has 0 aromatic heterocycles. The molecule has 0 amide bonds. The third-order valence-corrected chi connectivity index (χ3v) is 14.6. The van der Waals surface area contributed by atoms with Crippen molar-refractivity contribution in [2.75, 3.05) is 23.1 Å². The zero-order valence-corrected chi connectivity index (χ0v) is 55.6. The summed E-state index contributed by atoms with van der Waals surface area (Å²) in [6.07, 6.45) is 8.54. The zero-order chi connectivity index (χ0) is 55.0. The minimum absolute atomic E-state index is 0. The summed E-state index contributed by atoms with van der Waals surface area (Å²) in [6.45, 7) is 19.2. The molecule has 0 bridgehead atoms. The number of Topliss-reactive ketones (excluding diaryl/α,β-unsaturated/α-hetero) is 3.